The van der Waals surface area contributed by atoms with Gasteiger partial charge in [0, 0.05) is 12.1 Å². The summed E-state index contributed by atoms with van der Waals surface area (Å²) in [6, 6.07) is 6.17. The van der Waals surface area contributed by atoms with E-state index in [1.165, 1.54) is 12.1 Å². The molecule has 5 nitrogen and oxygen atoms in total. The van der Waals surface area contributed by atoms with E-state index in [2.05, 4.69) is 10.6 Å². The third-order valence-corrected chi connectivity index (χ3v) is 2.15. The zero-order chi connectivity index (χ0) is 12.8. The number of benzene rings is 1. The van der Waals surface area contributed by atoms with Crippen molar-refractivity contribution in [1.82, 2.24) is 5.32 Å². The average Bonchev–Trinajstić information content (AvgIpc) is 2.28. The van der Waals surface area contributed by atoms with Crippen LogP contribution in [-0.2, 0) is 4.79 Å². The largest absolute Gasteiger partial charge is 0.478 e. The van der Waals surface area contributed by atoms with Crippen molar-refractivity contribution in [3.63, 3.8) is 0 Å². The normalized spacial score (nSPS) is 9.47. The fraction of sp³-hybridized carbons (Fsp3) is 0.182. The molecule has 0 atom stereocenters. The predicted molar refractivity (Wildman–Crippen MR) is 68.1 cm³/mol. The van der Waals surface area contributed by atoms with Crippen LogP contribution >= 0.6 is 12.2 Å². The summed E-state index contributed by atoms with van der Waals surface area (Å²) in [5.41, 5.74) is 0.672. The summed E-state index contributed by atoms with van der Waals surface area (Å²) in [5, 5.41) is 14.1. The maximum atomic E-state index is 11.1. The lowest BCUT2D eigenvalue weighted by Crippen LogP contribution is -2.33. The van der Waals surface area contributed by atoms with Crippen LogP contribution in [-0.4, -0.2) is 22.1 Å². The minimum absolute atomic E-state index is 0.152. The first-order valence-corrected chi connectivity index (χ1v) is 5.38. The molecule has 0 fully saturated rings. The highest BCUT2D eigenvalue weighted by atomic mass is 32.1. The molecule has 0 radical (unpaired) electrons. The first-order chi connectivity index (χ1) is 8.02. The van der Waals surface area contributed by atoms with Crippen molar-refractivity contribution < 1.29 is 14.7 Å². The van der Waals surface area contributed by atoms with Crippen LogP contribution in [0, 0.1) is 0 Å². The van der Waals surface area contributed by atoms with Crippen LogP contribution < -0.4 is 10.6 Å². The molecular weight excluding hydrogens is 240 g/mol. The van der Waals surface area contributed by atoms with Crippen molar-refractivity contribution in [2.24, 2.45) is 0 Å². The van der Waals surface area contributed by atoms with Gasteiger partial charge in [0.15, 0.2) is 5.11 Å². The second-order valence-electron chi connectivity index (χ2n) is 3.24. The Morgan fingerprint density at radius 3 is 2.71 bits per heavy atom. The number of carbonyl (C=O) groups is 2. The number of hydrogen-bond donors (Lipinski definition) is 3. The maximum absolute atomic E-state index is 11.1. The molecule has 0 aliphatic rings. The monoisotopic (exact) mass is 252 g/mol. The van der Waals surface area contributed by atoms with E-state index in [1.807, 2.05) is 0 Å². The number of thiocarbonyl (C=S) groups is 1. The number of carbonyl (C=O) groups excluding carboxylic acids is 1. The summed E-state index contributed by atoms with van der Waals surface area (Å²) >= 11 is 4.90. The van der Waals surface area contributed by atoms with Gasteiger partial charge in [-0.05, 0) is 30.4 Å². The van der Waals surface area contributed by atoms with Crippen molar-refractivity contribution in [2.75, 3.05) is 5.32 Å². The topological polar surface area (TPSA) is 78.4 Å². The molecule has 0 aliphatic carbocycles. The van der Waals surface area contributed by atoms with E-state index in [0.717, 1.165) is 0 Å². The number of anilines is 1. The predicted octanol–water partition coefficient (Wildman–Crippen LogP) is 1.61. The van der Waals surface area contributed by atoms with Gasteiger partial charge in [0.2, 0.25) is 5.91 Å². The van der Waals surface area contributed by atoms with E-state index in [-0.39, 0.29) is 16.6 Å². The van der Waals surface area contributed by atoms with Crippen molar-refractivity contribution in [3.8, 4) is 0 Å². The molecule has 1 aromatic carbocycles. The van der Waals surface area contributed by atoms with Gasteiger partial charge in [-0.25, -0.2) is 4.79 Å². The molecule has 3 N–H and O–H groups in total. The van der Waals surface area contributed by atoms with Gasteiger partial charge in [-0.2, -0.15) is 0 Å². The average molecular weight is 252 g/mol. The fourth-order valence-electron chi connectivity index (χ4n) is 1.11. The third-order valence-electron chi connectivity index (χ3n) is 1.94. The zero-order valence-electron chi connectivity index (χ0n) is 9.19. The van der Waals surface area contributed by atoms with Gasteiger partial charge in [0.25, 0.3) is 0 Å². The maximum Gasteiger partial charge on any atom is 0.335 e. The Balaban J connectivity index is 2.68. The molecule has 0 bridgehead atoms. The van der Waals surface area contributed by atoms with E-state index < -0.39 is 5.97 Å². The van der Waals surface area contributed by atoms with Crippen molar-refractivity contribution in [3.05, 3.63) is 29.8 Å². The summed E-state index contributed by atoms with van der Waals surface area (Å²) < 4.78 is 0. The van der Waals surface area contributed by atoms with Crippen molar-refractivity contribution >= 4 is 34.9 Å². The molecule has 90 valence electrons. The molecule has 0 saturated carbocycles. The Bertz CT molecular complexity index is 460. The highest BCUT2D eigenvalue weighted by Crippen LogP contribution is 2.10. The smallest absolute Gasteiger partial charge is 0.335 e. The Hall–Kier alpha value is -1.95. The van der Waals surface area contributed by atoms with Crippen LogP contribution in [0.4, 0.5) is 5.69 Å². The van der Waals surface area contributed by atoms with Crippen LogP contribution in [0.3, 0.4) is 0 Å². The molecule has 0 aromatic heterocycles. The summed E-state index contributed by atoms with van der Waals surface area (Å²) in [4.78, 5) is 21.8. The molecule has 0 aliphatic heterocycles. The lowest BCUT2D eigenvalue weighted by atomic mass is 10.2. The second kappa shape index (κ2) is 5.95. The summed E-state index contributed by atoms with van der Waals surface area (Å²) in [5.74, 6) is -1.21. The molecular formula is C11H12N2O3S. The first-order valence-electron chi connectivity index (χ1n) is 4.97. The van der Waals surface area contributed by atoms with E-state index >= 15 is 0 Å². The number of nitrogens with one attached hydrogen (secondary N) is 2. The van der Waals surface area contributed by atoms with Crippen molar-refractivity contribution in [2.45, 2.75) is 13.3 Å². The number of hydrogen-bond acceptors (Lipinski definition) is 3. The Morgan fingerprint density at radius 2 is 2.12 bits per heavy atom. The third kappa shape index (κ3) is 4.20. The number of amides is 1. The number of rotatable bonds is 3. The first kappa shape index (κ1) is 13.1. The highest BCUT2D eigenvalue weighted by molar-refractivity contribution is 7.80. The van der Waals surface area contributed by atoms with Crippen LogP contribution in [0.5, 0.6) is 0 Å². The quantitative estimate of drug-likeness (QED) is 0.712. The van der Waals surface area contributed by atoms with Gasteiger partial charge in [0.05, 0.1) is 5.56 Å². The summed E-state index contributed by atoms with van der Waals surface area (Å²) in [6.45, 7) is 1.71. The van der Waals surface area contributed by atoms with E-state index in [4.69, 9.17) is 17.3 Å². The van der Waals surface area contributed by atoms with Gasteiger partial charge in [-0.15, -0.1) is 0 Å². The molecule has 1 rings (SSSR count). The number of carboxylic acid groups (broad SMARTS) is 1. The molecule has 1 aromatic rings. The molecule has 6 heteroatoms. The molecule has 0 saturated heterocycles. The standard InChI is InChI=1S/C11H12N2O3S/c1-2-9(14)13-11(17)12-8-5-3-4-7(6-8)10(15)16/h3-6H,2H2,1H3,(H,15,16)(H2,12,13,14,17). The molecule has 1 amide bonds. The van der Waals surface area contributed by atoms with Gasteiger partial charge in [0.1, 0.15) is 0 Å². The lowest BCUT2D eigenvalue weighted by molar-refractivity contribution is -0.119. The molecule has 0 heterocycles. The van der Waals surface area contributed by atoms with Crippen molar-refractivity contribution in [1.29, 1.82) is 0 Å². The summed E-state index contributed by atoms with van der Waals surface area (Å²) in [7, 11) is 0. The zero-order valence-corrected chi connectivity index (χ0v) is 10.0. The highest BCUT2D eigenvalue weighted by Gasteiger charge is 2.05. The molecule has 0 spiro atoms. The van der Waals surface area contributed by atoms with Crippen LogP contribution in [0.25, 0.3) is 0 Å². The fourth-order valence-corrected chi connectivity index (χ4v) is 1.34. The van der Waals surface area contributed by atoms with E-state index in [0.29, 0.717) is 12.1 Å². The Morgan fingerprint density at radius 1 is 1.41 bits per heavy atom. The number of aromatic carboxylic acids is 1. The van der Waals surface area contributed by atoms with Crippen LogP contribution in [0.15, 0.2) is 24.3 Å². The molecule has 17 heavy (non-hydrogen) atoms. The van der Waals surface area contributed by atoms with Gasteiger partial charge in [-0.3, -0.25) is 4.79 Å². The SMILES string of the molecule is CCC(=O)NC(=S)Nc1cccc(C(=O)O)c1. The Labute approximate surface area is 104 Å². The Kier molecular flexibility index (Phi) is 4.59. The molecule has 0 unspecified atom stereocenters. The van der Waals surface area contributed by atoms with Crippen LogP contribution in [0.1, 0.15) is 23.7 Å². The minimum Gasteiger partial charge on any atom is -0.478 e. The summed E-state index contributed by atoms with van der Waals surface area (Å²) in [6.07, 6.45) is 0.330. The van der Waals surface area contributed by atoms with Gasteiger partial charge >= 0.3 is 5.97 Å². The second-order valence-corrected chi connectivity index (χ2v) is 3.65. The van der Waals surface area contributed by atoms with E-state index in [9.17, 15) is 9.59 Å². The van der Waals surface area contributed by atoms with Crippen LogP contribution in [0.2, 0.25) is 0 Å². The lowest BCUT2D eigenvalue weighted by Gasteiger charge is -2.09. The number of carboxylic acids is 1. The van der Waals surface area contributed by atoms with E-state index in [1.54, 1.807) is 19.1 Å². The van der Waals surface area contributed by atoms with Gasteiger partial charge < -0.3 is 15.7 Å². The van der Waals surface area contributed by atoms with Gasteiger partial charge in [-0.1, -0.05) is 13.0 Å². The minimum atomic E-state index is -1.02.